The van der Waals surface area contributed by atoms with Crippen molar-refractivity contribution in [1.82, 2.24) is 0 Å². The highest BCUT2D eigenvalue weighted by atomic mass is 19.1. The first-order chi connectivity index (χ1) is 10.1. The number of benzene rings is 1. The average Bonchev–Trinajstić information content (AvgIpc) is 2.51. The summed E-state index contributed by atoms with van der Waals surface area (Å²) in [4.78, 5) is 23.1. The van der Waals surface area contributed by atoms with E-state index in [0.717, 1.165) is 0 Å². The van der Waals surface area contributed by atoms with E-state index in [2.05, 4.69) is 4.74 Å². The highest BCUT2D eigenvalue weighted by Gasteiger charge is 2.24. The van der Waals surface area contributed by atoms with Crippen LogP contribution in [0.5, 0.6) is 0 Å². The Hall–Kier alpha value is -2.22. The molecule has 0 aliphatic carbocycles. The van der Waals surface area contributed by atoms with E-state index in [9.17, 15) is 14.0 Å². The number of halogens is 1. The van der Waals surface area contributed by atoms with Crippen LogP contribution in [0, 0.1) is 17.2 Å². The second-order valence-electron chi connectivity index (χ2n) is 4.61. The summed E-state index contributed by atoms with van der Waals surface area (Å²) >= 11 is 0. The molecule has 2 unspecified atom stereocenters. The summed E-state index contributed by atoms with van der Waals surface area (Å²) in [5.41, 5.74) is 0.566. The predicted octanol–water partition coefficient (Wildman–Crippen LogP) is 3.08. The lowest BCUT2D eigenvalue weighted by Crippen LogP contribution is -2.22. The smallest absolute Gasteiger partial charge is 0.340 e. The third-order valence-corrected chi connectivity index (χ3v) is 3.03. The highest BCUT2D eigenvalue weighted by Crippen LogP contribution is 2.17. The van der Waals surface area contributed by atoms with Gasteiger partial charge in [-0.2, -0.15) is 5.26 Å². The Kier molecular flexibility index (Phi) is 7.10. The Balaban J connectivity index is 2.46. The Morgan fingerprint density at radius 1 is 1.33 bits per heavy atom. The number of hydrogen-bond donors (Lipinski definition) is 0. The van der Waals surface area contributed by atoms with Crippen molar-refractivity contribution in [1.29, 1.82) is 5.26 Å². The van der Waals surface area contributed by atoms with Crippen molar-refractivity contribution in [2.24, 2.45) is 5.92 Å². The van der Waals surface area contributed by atoms with Crippen molar-refractivity contribution in [3.8, 4) is 6.07 Å². The first-order valence-electron chi connectivity index (χ1n) is 6.87. The zero-order valence-electron chi connectivity index (χ0n) is 11.9. The molecule has 1 rings (SSSR count). The lowest BCUT2D eigenvalue weighted by Gasteiger charge is -2.11. The normalized spacial score (nSPS) is 13.0. The molecule has 0 aliphatic heterocycles. The zero-order valence-corrected chi connectivity index (χ0v) is 11.9. The maximum atomic E-state index is 13.6. The molecular formula is C16H18FNO3. The SMILES string of the molecule is CCOC(=O)C(F)CC(C#N)CCC(=O)c1ccccc1. The van der Waals surface area contributed by atoms with E-state index in [1.54, 1.807) is 31.2 Å². The third-order valence-electron chi connectivity index (χ3n) is 3.03. The quantitative estimate of drug-likeness (QED) is 0.545. The van der Waals surface area contributed by atoms with Gasteiger partial charge in [0.1, 0.15) is 0 Å². The van der Waals surface area contributed by atoms with Gasteiger partial charge in [-0.3, -0.25) is 4.79 Å². The molecule has 2 atom stereocenters. The molecule has 0 saturated heterocycles. The van der Waals surface area contributed by atoms with E-state index in [1.165, 1.54) is 0 Å². The molecule has 5 heteroatoms. The van der Waals surface area contributed by atoms with E-state index in [0.29, 0.717) is 5.56 Å². The second kappa shape index (κ2) is 8.85. The Labute approximate surface area is 123 Å². The Morgan fingerprint density at radius 3 is 2.57 bits per heavy atom. The van der Waals surface area contributed by atoms with Crippen LogP contribution in [-0.4, -0.2) is 24.5 Å². The van der Waals surface area contributed by atoms with Crippen LogP contribution in [0.4, 0.5) is 4.39 Å². The van der Waals surface area contributed by atoms with Gasteiger partial charge in [-0.1, -0.05) is 30.3 Å². The van der Waals surface area contributed by atoms with Crippen molar-refractivity contribution in [3.63, 3.8) is 0 Å². The number of ether oxygens (including phenoxy) is 1. The number of nitrogens with zero attached hydrogens (tertiary/aromatic N) is 1. The van der Waals surface area contributed by atoms with Crippen LogP contribution in [0.3, 0.4) is 0 Å². The molecule has 0 fully saturated rings. The van der Waals surface area contributed by atoms with Crippen LogP contribution in [0.1, 0.15) is 36.5 Å². The van der Waals surface area contributed by atoms with Crippen molar-refractivity contribution < 1.29 is 18.7 Å². The molecule has 1 aromatic carbocycles. The third kappa shape index (κ3) is 5.74. The number of alkyl halides is 1. The molecule has 0 aromatic heterocycles. The molecule has 0 heterocycles. The average molecular weight is 291 g/mol. The molecule has 1 aromatic rings. The zero-order chi connectivity index (χ0) is 15.7. The van der Waals surface area contributed by atoms with Crippen molar-refractivity contribution in [2.45, 2.75) is 32.4 Å². The number of ketones is 1. The molecule has 4 nitrogen and oxygen atoms in total. The van der Waals surface area contributed by atoms with Gasteiger partial charge in [0.15, 0.2) is 12.0 Å². The van der Waals surface area contributed by atoms with E-state index >= 15 is 0 Å². The molecular weight excluding hydrogens is 273 g/mol. The van der Waals surface area contributed by atoms with Crippen LogP contribution < -0.4 is 0 Å². The minimum absolute atomic E-state index is 0.0950. The van der Waals surface area contributed by atoms with E-state index in [-0.39, 0.29) is 31.7 Å². The van der Waals surface area contributed by atoms with E-state index in [4.69, 9.17) is 5.26 Å². The molecule has 0 N–H and O–H groups in total. The van der Waals surface area contributed by atoms with Gasteiger partial charge in [0.05, 0.1) is 18.6 Å². The molecule has 112 valence electrons. The summed E-state index contributed by atoms with van der Waals surface area (Å²) in [5.74, 6) is -1.73. The number of hydrogen-bond acceptors (Lipinski definition) is 4. The lowest BCUT2D eigenvalue weighted by atomic mass is 9.95. The first-order valence-corrected chi connectivity index (χ1v) is 6.87. The summed E-state index contributed by atoms with van der Waals surface area (Å²) in [7, 11) is 0. The Bertz CT molecular complexity index is 510. The fourth-order valence-electron chi connectivity index (χ4n) is 1.89. The molecule has 21 heavy (non-hydrogen) atoms. The van der Waals surface area contributed by atoms with Crippen LogP contribution >= 0.6 is 0 Å². The first kappa shape index (κ1) is 16.8. The van der Waals surface area contributed by atoms with E-state index < -0.39 is 18.1 Å². The van der Waals surface area contributed by atoms with Gasteiger partial charge >= 0.3 is 5.97 Å². The maximum absolute atomic E-state index is 13.6. The van der Waals surface area contributed by atoms with Crippen LogP contribution in [0.25, 0.3) is 0 Å². The fourth-order valence-corrected chi connectivity index (χ4v) is 1.89. The number of nitriles is 1. The summed E-state index contributed by atoms with van der Waals surface area (Å²) in [6.45, 7) is 1.69. The number of esters is 1. The van der Waals surface area contributed by atoms with Gasteiger partial charge < -0.3 is 4.74 Å². The Morgan fingerprint density at radius 2 is 2.00 bits per heavy atom. The summed E-state index contributed by atoms with van der Waals surface area (Å²) in [6, 6.07) is 10.6. The second-order valence-corrected chi connectivity index (χ2v) is 4.61. The number of carbonyl (C=O) groups excluding carboxylic acids is 2. The maximum Gasteiger partial charge on any atom is 0.340 e. The van der Waals surface area contributed by atoms with Crippen molar-refractivity contribution in [3.05, 3.63) is 35.9 Å². The van der Waals surface area contributed by atoms with Gasteiger partial charge in [-0.05, 0) is 13.3 Å². The minimum Gasteiger partial charge on any atom is -0.464 e. The number of carbonyl (C=O) groups is 2. The predicted molar refractivity (Wildman–Crippen MR) is 75.3 cm³/mol. The molecule has 0 aliphatic rings. The fraction of sp³-hybridized carbons (Fsp3) is 0.438. The molecule has 0 saturated carbocycles. The van der Waals surface area contributed by atoms with Crippen LogP contribution in [0.2, 0.25) is 0 Å². The number of rotatable bonds is 8. The van der Waals surface area contributed by atoms with Gasteiger partial charge in [0.2, 0.25) is 0 Å². The van der Waals surface area contributed by atoms with Gasteiger partial charge in [-0.25, -0.2) is 9.18 Å². The summed E-state index contributed by atoms with van der Waals surface area (Å²) in [5, 5.41) is 8.99. The summed E-state index contributed by atoms with van der Waals surface area (Å²) in [6.07, 6.45) is -1.68. The largest absolute Gasteiger partial charge is 0.464 e. The van der Waals surface area contributed by atoms with Crippen LogP contribution in [0.15, 0.2) is 30.3 Å². The standard InChI is InChI=1S/C16H18FNO3/c1-2-21-16(20)14(17)10-12(11-18)8-9-15(19)13-6-4-3-5-7-13/h3-7,12,14H,2,8-10H2,1H3. The van der Waals surface area contributed by atoms with Gasteiger partial charge in [0, 0.05) is 18.4 Å². The summed E-state index contributed by atoms with van der Waals surface area (Å²) < 4.78 is 18.1. The van der Waals surface area contributed by atoms with E-state index in [1.807, 2.05) is 12.1 Å². The van der Waals surface area contributed by atoms with Crippen LogP contribution in [-0.2, 0) is 9.53 Å². The van der Waals surface area contributed by atoms with Crippen molar-refractivity contribution in [2.75, 3.05) is 6.61 Å². The van der Waals surface area contributed by atoms with Crippen molar-refractivity contribution >= 4 is 11.8 Å². The molecule has 0 spiro atoms. The topological polar surface area (TPSA) is 67.2 Å². The van der Waals surface area contributed by atoms with Gasteiger partial charge in [-0.15, -0.1) is 0 Å². The monoisotopic (exact) mass is 291 g/mol. The highest BCUT2D eigenvalue weighted by molar-refractivity contribution is 5.95. The molecule has 0 amide bonds. The number of Topliss-reactive ketones (excluding diaryl/α,β-unsaturated/α-hetero) is 1. The molecule has 0 bridgehead atoms. The van der Waals surface area contributed by atoms with Gasteiger partial charge in [0.25, 0.3) is 0 Å². The minimum atomic E-state index is -1.82. The lowest BCUT2D eigenvalue weighted by molar-refractivity contribution is -0.149. The molecule has 0 radical (unpaired) electrons.